The average Bonchev–Trinajstić information content (AvgIpc) is 2.94. The molecule has 1 heterocycles. The number of aromatic amines is 1. The van der Waals surface area contributed by atoms with Crippen LogP contribution in [0.4, 0.5) is 10.5 Å². The third-order valence-electron chi connectivity index (χ3n) is 3.12. The highest BCUT2D eigenvalue weighted by Crippen LogP contribution is 2.19. The van der Waals surface area contributed by atoms with Gasteiger partial charge in [0.1, 0.15) is 5.82 Å². The van der Waals surface area contributed by atoms with Crippen LogP contribution in [0, 0.1) is 6.92 Å². The molecule has 0 saturated heterocycles. The number of nitrogens with one attached hydrogen (secondary N) is 2. The highest BCUT2D eigenvalue weighted by Gasteiger charge is 2.12. The van der Waals surface area contributed by atoms with E-state index in [0.717, 1.165) is 17.8 Å². The lowest BCUT2D eigenvalue weighted by molar-refractivity contribution is 0.188. The first kappa shape index (κ1) is 16.0. The number of amides is 2. The van der Waals surface area contributed by atoms with Gasteiger partial charge in [0.25, 0.3) is 0 Å². The Morgan fingerprint density at radius 2 is 2.23 bits per heavy atom. The molecule has 7 nitrogen and oxygen atoms in total. The second kappa shape index (κ2) is 7.56. The van der Waals surface area contributed by atoms with E-state index in [9.17, 15) is 4.79 Å². The number of aliphatic hydroxyl groups excluding tert-OH is 1. The fraction of sp³-hybridized carbons (Fsp3) is 0.400. The molecule has 0 aliphatic rings. The smallest absolute Gasteiger partial charge is 0.321 e. The zero-order chi connectivity index (χ0) is 15.9. The number of aromatic nitrogens is 3. The van der Waals surface area contributed by atoms with Crippen molar-refractivity contribution in [2.24, 2.45) is 0 Å². The van der Waals surface area contributed by atoms with E-state index < -0.39 is 0 Å². The molecule has 22 heavy (non-hydrogen) atoms. The third kappa shape index (κ3) is 4.05. The average molecular weight is 303 g/mol. The van der Waals surface area contributed by atoms with Crippen LogP contribution in [0.2, 0.25) is 0 Å². The molecule has 0 fully saturated rings. The number of hydrogen-bond acceptors (Lipinski definition) is 4. The van der Waals surface area contributed by atoms with Crippen LogP contribution in [0.5, 0.6) is 0 Å². The fourth-order valence-electron chi connectivity index (χ4n) is 2.12. The molecule has 1 aromatic heterocycles. The van der Waals surface area contributed by atoms with Crippen LogP contribution in [-0.4, -0.2) is 50.9 Å². The Kier molecular flexibility index (Phi) is 5.48. The van der Waals surface area contributed by atoms with Gasteiger partial charge in [-0.2, -0.15) is 5.10 Å². The van der Waals surface area contributed by atoms with E-state index in [1.807, 2.05) is 38.1 Å². The van der Waals surface area contributed by atoms with Gasteiger partial charge in [-0.3, -0.25) is 5.10 Å². The summed E-state index contributed by atoms with van der Waals surface area (Å²) < 4.78 is 0. The summed E-state index contributed by atoms with van der Waals surface area (Å²) in [6, 6.07) is 7.13. The van der Waals surface area contributed by atoms with Gasteiger partial charge in [0.15, 0.2) is 5.82 Å². The second-order valence-corrected chi connectivity index (χ2v) is 4.97. The predicted molar refractivity (Wildman–Crippen MR) is 84.5 cm³/mol. The van der Waals surface area contributed by atoms with Gasteiger partial charge in [-0.1, -0.05) is 19.1 Å². The van der Waals surface area contributed by atoms with Crippen LogP contribution in [-0.2, 0) is 0 Å². The number of aryl methyl sites for hydroxylation is 1. The first-order valence-electron chi connectivity index (χ1n) is 7.30. The van der Waals surface area contributed by atoms with Crippen molar-refractivity contribution < 1.29 is 9.90 Å². The van der Waals surface area contributed by atoms with E-state index in [1.54, 1.807) is 4.90 Å². The Balaban J connectivity index is 2.11. The molecule has 1 aromatic carbocycles. The van der Waals surface area contributed by atoms with Gasteiger partial charge in [0.05, 0.1) is 6.61 Å². The van der Waals surface area contributed by atoms with E-state index in [0.29, 0.717) is 24.6 Å². The minimum absolute atomic E-state index is 0.0517. The molecular formula is C15H21N5O2. The molecule has 2 rings (SSSR count). The molecule has 7 heteroatoms. The SMILES string of the molecule is CCCN(CCO)C(=O)Nc1cccc(-c2n[nH]c(C)n2)c1. The molecule has 0 aliphatic carbocycles. The molecule has 0 unspecified atom stereocenters. The summed E-state index contributed by atoms with van der Waals surface area (Å²) >= 11 is 0. The zero-order valence-electron chi connectivity index (χ0n) is 12.8. The van der Waals surface area contributed by atoms with Crippen molar-refractivity contribution in [1.29, 1.82) is 0 Å². The second-order valence-electron chi connectivity index (χ2n) is 4.97. The van der Waals surface area contributed by atoms with Crippen molar-refractivity contribution >= 4 is 11.7 Å². The standard InChI is InChI=1S/C15H21N5O2/c1-3-7-20(8-9-21)15(22)17-13-6-4-5-12(10-13)14-16-11(2)18-19-14/h4-6,10,21H,3,7-9H2,1-2H3,(H,17,22)(H,16,18,19). The number of H-pyrrole nitrogens is 1. The summed E-state index contributed by atoms with van der Waals surface area (Å²) in [5.74, 6) is 1.33. The maximum atomic E-state index is 12.2. The normalized spacial score (nSPS) is 10.5. The number of hydrogen-bond donors (Lipinski definition) is 3. The molecular weight excluding hydrogens is 282 g/mol. The minimum atomic E-state index is -0.223. The number of benzene rings is 1. The lowest BCUT2D eigenvalue weighted by Gasteiger charge is -2.21. The fourth-order valence-corrected chi connectivity index (χ4v) is 2.12. The largest absolute Gasteiger partial charge is 0.395 e. The summed E-state index contributed by atoms with van der Waals surface area (Å²) in [6.07, 6.45) is 0.837. The Hall–Kier alpha value is -2.41. The first-order chi connectivity index (χ1) is 10.6. The molecule has 0 aliphatic heterocycles. The van der Waals surface area contributed by atoms with Gasteiger partial charge in [-0.25, -0.2) is 9.78 Å². The van der Waals surface area contributed by atoms with Gasteiger partial charge in [-0.15, -0.1) is 0 Å². The maximum absolute atomic E-state index is 12.2. The van der Waals surface area contributed by atoms with Crippen molar-refractivity contribution in [3.8, 4) is 11.4 Å². The summed E-state index contributed by atoms with van der Waals surface area (Å²) in [5.41, 5.74) is 1.50. The highest BCUT2D eigenvalue weighted by atomic mass is 16.3. The van der Waals surface area contributed by atoms with Crippen LogP contribution in [0.3, 0.4) is 0 Å². The van der Waals surface area contributed by atoms with E-state index >= 15 is 0 Å². The minimum Gasteiger partial charge on any atom is -0.395 e. The molecule has 0 bridgehead atoms. The zero-order valence-corrected chi connectivity index (χ0v) is 12.8. The molecule has 0 spiro atoms. The molecule has 0 atom stereocenters. The van der Waals surface area contributed by atoms with E-state index in [2.05, 4.69) is 20.5 Å². The lowest BCUT2D eigenvalue weighted by Crippen LogP contribution is -2.37. The number of nitrogens with zero attached hydrogens (tertiary/aromatic N) is 3. The van der Waals surface area contributed by atoms with Crippen LogP contribution in [0.25, 0.3) is 11.4 Å². The van der Waals surface area contributed by atoms with Crippen molar-refractivity contribution in [1.82, 2.24) is 20.1 Å². The summed E-state index contributed by atoms with van der Waals surface area (Å²) in [5, 5.41) is 18.8. The topological polar surface area (TPSA) is 94.1 Å². The Morgan fingerprint density at radius 3 is 2.86 bits per heavy atom. The highest BCUT2D eigenvalue weighted by molar-refractivity contribution is 5.90. The number of aliphatic hydroxyl groups is 1. The summed E-state index contributed by atoms with van der Waals surface area (Å²) in [4.78, 5) is 18.1. The Morgan fingerprint density at radius 1 is 1.41 bits per heavy atom. The third-order valence-corrected chi connectivity index (χ3v) is 3.12. The monoisotopic (exact) mass is 303 g/mol. The van der Waals surface area contributed by atoms with Gasteiger partial charge >= 0.3 is 6.03 Å². The number of urea groups is 1. The molecule has 0 radical (unpaired) electrons. The van der Waals surface area contributed by atoms with Crippen LogP contribution in [0.15, 0.2) is 24.3 Å². The maximum Gasteiger partial charge on any atom is 0.321 e. The van der Waals surface area contributed by atoms with E-state index in [1.165, 1.54) is 0 Å². The van der Waals surface area contributed by atoms with Gasteiger partial charge < -0.3 is 15.3 Å². The van der Waals surface area contributed by atoms with Crippen molar-refractivity contribution in [2.45, 2.75) is 20.3 Å². The van der Waals surface area contributed by atoms with Crippen molar-refractivity contribution in [3.63, 3.8) is 0 Å². The Labute approximate surface area is 129 Å². The van der Waals surface area contributed by atoms with Crippen LogP contribution >= 0.6 is 0 Å². The quantitative estimate of drug-likeness (QED) is 0.761. The number of carbonyl (C=O) groups excluding carboxylic acids is 1. The summed E-state index contributed by atoms with van der Waals surface area (Å²) in [7, 11) is 0. The molecule has 0 saturated carbocycles. The van der Waals surface area contributed by atoms with Gasteiger partial charge in [0, 0.05) is 24.3 Å². The first-order valence-corrected chi connectivity index (χ1v) is 7.30. The number of anilines is 1. The lowest BCUT2D eigenvalue weighted by atomic mass is 10.2. The van der Waals surface area contributed by atoms with Gasteiger partial charge in [0.2, 0.25) is 0 Å². The number of rotatable bonds is 6. The predicted octanol–water partition coefficient (Wildman–Crippen LogP) is 2.02. The molecule has 118 valence electrons. The Bertz CT molecular complexity index is 620. The molecule has 2 amide bonds. The summed E-state index contributed by atoms with van der Waals surface area (Å²) in [6.45, 7) is 4.69. The molecule has 3 N–H and O–H groups in total. The van der Waals surface area contributed by atoms with Crippen LogP contribution in [0.1, 0.15) is 19.2 Å². The van der Waals surface area contributed by atoms with Gasteiger partial charge in [-0.05, 0) is 25.5 Å². The van der Waals surface area contributed by atoms with Crippen molar-refractivity contribution in [3.05, 3.63) is 30.1 Å². The van der Waals surface area contributed by atoms with Crippen molar-refractivity contribution in [2.75, 3.05) is 25.0 Å². The molecule has 2 aromatic rings. The van der Waals surface area contributed by atoms with Crippen LogP contribution < -0.4 is 5.32 Å². The van der Waals surface area contributed by atoms with E-state index in [4.69, 9.17) is 5.11 Å². The number of carbonyl (C=O) groups is 1. The van der Waals surface area contributed by atoms with E-state index in [-0.39, 0.29) is 12.6 Å².